The SMILES string of the molecule is COc1ccc(S(=O)(=O)N2CCC[C@@H](C(=O)Nc3ccc(C(N)=O)cc3)C2)cc1Cl. The maximum absolute atomic E-state index is 13.0. The highest BCUT2D eigenvalue weighted by molar-refractivity contribution is 7.89. The lowest BCUT2D eigenvalue weighted by atomic mass is 9.98. The first-order valence-corrected chi connectivity index (χ1v) is 11.1. The van der Waals surface area contributed by atoms with Gasteiger partial charge in [-0.25, -0.2) is 8.42 Å². The Labute approximate surface area is 180 Å². The lowest BCUT2D eigenvalue weighted by Crippen LogP contribution is -2.43. The number of piperidine rings is 1. The fraction of sp³-hybridized carbons (Fsp3) is 0.300. The van der Waals surface area contributed by atoms with Gasteiger partial charge in [0.2, 0.25) is 21.8 Å². The van der Waals surface area contributed by atoms with E-state index in [0.717, 1.165) is 0 Å². The van der Waals surface area contributed by atoms with E-state index in [4.69, 9.17) is 22.1 Å². The molecule has 3 rings (SSSR count). The minimum atomic E-state index is -3.80. The number of hydrogen-bond donors (Lipinski definition) is 2. The van der Waals surface area contributed by atoms with E-state index in [-0.39, 0.29) is 22.4 Å². The summed E-state index contributed by atoms with van der Waals surface area (Å²) < 4.78 is 32.4. The zero-order chi connectivity index (χ0) is 21.9. The van der Waals surface area contributed by atoms with Gasteiger partial charge in [-0.1, -0.05) is 11.6 Å². The van der Waals surface area contributed by atoms with Gasteiger partial charge in [0, 0.05) is 24.3 Å². The Morgan fingerprint density at radius 3 is 2.50 bits per heavy atom. The summed E-state index contributed by atoms with van der Waals surface area (Å²) in [7, 11) is -2.35. The molecule has 8 nitrogen and oxygen atoms in total. The van der Waals surface area contributed by atoms with Gasteiger partial charge in [0.15, 0.2) is 0 Å². The summed E-state index contributed by atoms with van der Waals surface area (Å²) in [5.41, 5.74) is 6.05. The van der Waals surface area contributed by atoms with E-state index in [0.29, 0.717) is 36.4 Å². The number of benzene rings is 2. The minimum absolute atomic E-state index is 0.0522. The Morgan fingerprint density at radius 2 is 1.90 bits per heavy atom. The maximum Gasteiger partial charge on any atom is 0.248 e. The Balaban J connectivity index is 1.71. The summed E-state index contributed by atoms with van der Waals surface area (Å²) >= 11 is 6.07. The zero-order valence-electron chi connectivity index (χ0n) is 16.3. The number of methoxy groups -OCH3 is 1. The van der Waals surface area contributed by atoms with Crippen molar-refractivity contribution in [3.8, 4) is 5.75 Å². The molecule has 1 fully saturated rings. The number of nitrogens with zero attached hydrogens (tertiary/aromatic N) is 1. The van der Waals surface area contributed by atoms with Crippen LogP contribution in [0.1, 0.15) is 23.2 Å². The molecule has 1 aliphatic heterocycles. The van der Waals surface area contributed by atoms with Gasteiger partial charge in [0.05, 0.1) is 22.9 Å². The normalized spacial score (nSPS) is 17.3. The third-order valence-corrected chi connectivity index (χ3v) is 7.11. The van der Waals surface area contributed by atoms with Crippen LogP contribution in [0.2, 0.25) is 5.02 Å². The van der Waals surface area contributed by atoms with E-state index in [2.05, 4.69) is 5.32 Å². The van der Waals surface area contributed by atoms with Crippen LogP contribution >= 0.6 is 11.6 Å². The summed E-state index contributed by atoms with van der Waals surface area (Å²) in [4.78, 5) is 23.9. The molecule has 2 amide bonds. The molecule has 0 saturated carbocycles. The first-order valence-electron chi connectivity index (χ1n) is 9.27. The summed E-state index contributed by atoms with van der Waals surface area (Å²) in [6.07, 6.45) is 1.13. The fourth-order valence-electron chi connectivity index (χ4n) is 3.29. The van der Waals surface area contributed by atoms with Gasteiger partial charge in [0.25, 0.3) is 0 Å². The van der Waals surface area contributed by atoms with Gasteiger partial charge in [0.1, 0.15) is 5.75 Å². The van der Waals surface area contributed by atoms with Crippen molar-refractivity contribution in [3.63, 3.8) is 0 Å². The van der Waals surface area contributed by atoms with E-state index in [1.54, 1.807) is 12.1 Å². The molecular weight excluding hydrogens is 430 g/mol. The molecule has 0 unspecified atom stereocenters. The van der Waals surface area contributed by atoms with Gasteiger partial charge in [-0.15, -0.1) is 0 Å². The van der Waals surface area contributed by atoms with Crippen LogP contribution in [0.4, 0.5) is 5.69 Å². The number of sulfonamides is 1. The number of ether oxygens (including phenoxy) is 1. The molecule has 0 bridgehead atoms. The minimum Gasteiger partial charge on any atom is -0.495 e. The molecule has 160 valence electrons. The van der Waals surface area contributed by atoms with Crippen molar-refractivity contribution < 1.29 is 22.7 Å². The Bertz CT molecular complexity index is 1060. The highest BCUT2D eigenvalue weighted by Crippen LogP contribution is 2.30. The van der Waals surface area contributed by atoms with E-state index >= 15 is 0 Å². The number of primary amides is 1. The number of halogens is 1. The van der Waals surface area contributed by atoms with Crippen LogP contribution in [-0.4, -0.2) is 44.7 Å². The number of hydrogen-bond acceptors (Lipinski definition) is 5. The number of carbonyl (C=O) groups excluding carboxylic acids is 2. The first kappa shape index (κ1) is 22.1. The molecule has 1 aliphatic rings. The largest absolute Gasteiger partial charge is 0.495 e. The molecule has 1 heterocycles. The van der Waals surface area contributed by atoms with Gasteiger partial charge < -0.3 is 15.8 Å². The fourth-order valence-corrected chi connectivity index (χ4v) is 5.17. The quantitative estimate of drug-likeness (QED) is 0.699. The van der Waals surface area contributed by atoms with Crippen molar-refractivity contribution in [2.24, 2.45) is 11.7 Å². The van der Waals surface area contributed by atoms with Crippen LogP contribution in [0.25, 0.3) is 0 Å². The summed E-state index contributed by atoms with van der Waals surface area (Å²) in [6.45, 7) is 0.389. The number of nitrogens with one attached hydrogen (secondary N) is 1. The van der Waals surface area contributed by atoms with Crippen LogP contribution in [-0.2, 0) is 14.8 Å². The van der Waals surface area contributed by atoms with Gasteiger partial charge in [-0.3, -0.25) is 9.59 Å². The van der Waals surface area contributed by atoms with Crippen molar-refractivity contribution in [3.05, 3.63) is 53.1 Å². The van der Waals surface area contributed by atoms with Crippen LogP contribution in [0, 0.1) is 5.92 Å². The molecule has 0 aliphatic carbocycles. The standard InChI is InChI=1S/C20H22ClN3O5S/c1-29-18-9-8-16(11-17(18)21)30(27,28)24-10-2-3-14(12-24)20(26)23-15-6-4-13(5-7-15)19(22)25/h4-9,11,14H,2-3,10,12H2,1H3,(H2,22,25)(H,23,26)/t14-/m1/s1. The van der Waals surface area contributed by atoms with Crippen molar-refractivity contribution in [1.29, 1.82) is 0 Å². The van der Waals surface area contributed by atoms with E-state index in [1.807, 2.05) is 0 Å². The molecule has 2 aromatic rings. The lowest BCUT2D eigenvalue weighted by molar-refractivity contribution is -0.120. The topological polar surface area (TPSA) is 119 Å². The average Bonchev–Trinajstić information content (AvgIpc) is 2.74. The molecule has 0 aromatic heterocycles. The predicted octanol–water partition coefficient (Wildman–Crippen LogP) is 2.49. The predicted molar refractivity (Wildman–Crippen MR) is 113 cm³/mol. The molecular formula is C20H22ClN3O5S. The van der Waals surface area contributed by atoms with E-state index < -0.39 is 21.8 Å². The van der Waals surface area contributed by atoms with Gasteiger partial charge >= 0.3 is 0 Å². The number of amides is 2. The van der Waals surface area contributed by atoms with Crippen LogP contribution in [0.5, 0.6) is 5.75 Å². The Hall–Kier alpha value is -2.62. The van der Waals surface area contributed by atoms with Gasteiger partial charge in [-0.05, 0) is 55.3 Å². The van der Waals surface area contributed by atoms with Crippen molar-refractivity contribution in [1.82, 2.24) is 4.31 Å². The third-order valence-electron chi connectivity index (χ3n) is 4.95. The molecule has 30 heavy (non-hydrogen) atoms. The zero-order valence-corrected chi connectivity index (χ0v) is 17.9. The van der Waals surface area contributed by atoms with Crippen molar-refractivity contribution in [2.75, 3.05) is 25.5 Å². The van der Waals surface area contributed by atoms with Crippen LogP contribution in [0.15, 0.2) is 47.4 Å². The summed E-state index contributed by atoms with van der Waals surface area (Å²) in [5.74, 6) is -0.957. The van der Waals surface area contributed by atoms with E-state index in [9.17, 15) is 18.0 Å². The molecule has 10 heteroatoms. The molecule has 0 radical (unpaired) electrons. The van der Waals surface area contributed by atoms with E-state index in [1.165, 1.54) is 41.7 Å². The van der Waals surface area contributed by atoms with Gasteiger partial charge in [-0.2, -0.15) is 4.31 Å². The van der Waals surface area contributed by atoms with Crippen LogP contribution < -0.4 is 15.8 Å². The number of rotatable bonds is 6. The summed E-state index contributed by atoms with van der Waals surface area (Å²) in [6, 6.07) is 10.5. The monoisotopic (exact) mass is 451 g/mol. The molecule has 3 N–H and O–H groups in total. The molecule has 0 spiro atoms. The number of carbonyl (C=O) groups is 2. The smallest absolute Gasteiger partial charge is 0.248 e. The molecule has 2 aromatic carbocycles. The highest BCUT2D eigenvalue weighted by Gasteiger charge is 2.33. The van der Waals surface area contributed by atoms with Crippen LogP contribution in [0.3, 0.4) is 0 Å². The lowest BCUT2D eigenvalue weighted by Gasteiger charge is -2.31. The second kappa shape index (κ2) is 9.03. The first-order chi connectivity index (χ1) is 14.2. The summed E-state index contributed by atoms with van der Waals surface area (Å²) in [5, 5.41) is 2.96. The van der Waals surface area contributed by atoms with Crippen molar-refractivity contribution in [2.45, 2.75) is 17.7 Å². The highest BCUT2D eigenvalue weighted by atomic mass is 35.5. The Morgan fingerprint density at radius 1 is 1.20 bits per heavy atom. The maximum atomic E-state index is 13.0. The third kappa shape index (κ3) is 4.75. The molecule has 1 atom stereocenters. The number of nitrogens with two attached hydrogens (primary N) is 1. The second-order valence-electron chi connectivity index (χ2n) is 6.93. The van der Waals surface area contributed by atoms with Crippen molar-refractivity contribution >= 4 is 39.1 Å². The second-order valence-corrected chi connectivity index (χ2v) is 9.27. The average molecular weight is 452 g/mol. The molecule has 1 saturated heterocycles. The number of anilines is 1. The Kier molecular flexibility index (Phi) is 6.64.